The molecule has 0 spiro atoms. The average Bonchev–Trinajstić information content (AvgIpc) is 3.17. The molecule has 4 nitrogen and oxygen atoms in total. The third-order valence-corrected chi connectivity index (χ3v) is 4.13. The fourth-order valence-electron chi connectivity index (χ4n) is 2.24. The molecule has 0 aliphatic heterocycles. The Morgan fingerprint density at radius 3 is 2.57 bits per heavy atom. The normalized spacial score (nSPS) is 11.0. The average molecular weight is 294 g/mol. The molecule has 0 atom stereocenters. The summed E-state index contributed by atoms with van der Waals surface area (Å²) in [6.45, 7) is 0. The van der Waals surface area contributed by atoms with Crippen LogP contribution in [-0.4, -0.2) is 15.2 Å². The molecule has 0 amide bonds. The monoisotopic (exact) mass is 294 g/mol. The van der Waals surface area contributed by atoms with E-state index in [4.69, 9.17) is 4.52 Å². The second-order valence-electron chi connectivity index (χ2n) is 4.62. The van der Waals surface area contributed by atoms with Gasteiger partial charge in [0.25, 0.3) is 5.89 Å². The van der Waals surface area contributed by atoms with Gasteiger partial charge in [0, 0.05) is 0 Å². The van der Waals surface area contributed by atoms with Gasteiger partial charge in [0.2, 0.25) is 5.82 Å². The predicted octanol–water partition coefficient (Wildman–Crippen LogP) is 4.32. The molecule has 0 saturated carbocycles. The molecule has 2 aromatic heterocycles. The number of phenolic OH excluding ortho intramolecular Hbond substituents is 1. The van der Waals surface area contributed by atoms with Gasteiger partial charge in [-0.2, -0.15) is 4.98 Å². The van der Waals surface area contributed by atoms with Gasteiger partial charge in [-0.25, -0.2) is 0 Å². The summed E-state index contributed by atoms with van der Waals surface area (Å²) in [7, 11) is 0. The van der Waals surface area contributed by atoms with Crippen molar-refractivity contribution in [2.75, 3.05) is 0 Å². The van der Waals surface area contributed by atoms with Crippen molar-refractivity contribution in [2.24, 2.45) is 0 Å². The van der Waals surface area contributed by atoms with Crippen LogP contribution in [0.25, 0.3) is 32.9 Å². The lowest BCUT2D eigenvalue weighted by Crippen LogP contribution is -1.81. The van der Waals surface area contributed by atoms with Crippen molar-refractivity contribution in [3.63, 3.8) is 0 Å². The van der Waals surface area contributed by atoms with Crippen LogP contribution in [0.4, 0.5) is 0 Å². The molecule has 0 unspecified atom stereocenters. The Morgan fingerprint density at radius 1 is 1.00 bits per heavy atom. The number of nitrogens with zero attached hydrogens (tertiary/aromatic N) is 2. The van der Waals surface area contributed by atoms with Crippen LogP contribution in [0.1, 0.15) is 0 Å². The number of rotatable bonds is 2. The largest absolute Gasteiger partial charge is 0.507 e. The maximum absolute atomic E-state index is 10.2. The van der Waals surface area contributed by atoms with E-state index in [-0.39, 0.29) is 5.75 Å². The highest BCUT2D eigenvalue weighted by Gasteiger charge is 2.15. The Labute approximate surface area is 124 Å². The Morgan fingerprint density at radius 2 is 1.81 bits per heavy atom. The summed E-state index contributed by atoms with van der Waals surface area (Å²) in [6.07, 6.45) is 0. The minimum absolute atomic E-state index is 0.134. The van der Waals surface area contributed by atoms with Crippen molar-refractivity contribution in [1.82, 2.24) is 10.1 Å². The number of hydrogen-bond acceptors (Lipinski definition) is 5. The molecule has 0 radical (unpaired) electrons. The van der Waals surface area contributed by atoms with Crippen LogP contribution in [0.2, 0.25) is 0 Å². The van der Waals surface area contributed by atoms with E-state index in [1.54, 1.807) is 17.4 Å². The molecule has 2 aromatic carbocycles. The summed E-state index contributed by atoms with van der Waals surface area (Å²) in [4.78, 5) is 5.30. The Bertz CT molecular complexity index is 913. The minimum Gasteiger partial charge on any atom is -0.507 e. The van der Waals surface area contributed by atoms with Gasteiger partial charge in [-0.05, 0) is 34.4 Å². The molecule has 1 N–H and O–H groups in total. The van der Waals surface area contributed by atoms with Crippen molar-refractivity contribution in [2.45, 2.75) is 0 Å². The molecule has 102 valence electrons. The fourth-order valence-corrected chi connectivity index (χ4v) is 2.89. The lowest BCUT2D eigenvalue weighted by Gasteiger charge is -2.02. The number of benzene rings is 2. The van der Waals surface area contributed by atoms with Gasteiger partial charge in [-0.3, -0.25) is 0 Å². The van der Waals surface area contributed by atoms with E-state index >= 15 is 0 Å². The highest BCUT2D eigenvalue weighted by atomic mass is 32.1. The van der Waals surface area contributed by atoms with Gasteiger partial charge in [-0.1, -0.05) is 35.5 Å². The van der Waals surface area contributed by atoms with Gasteiger partial charge >= 0.3 is 0 Å². The number of aromatic hydroxyl groups is 1. The molecular weight excluding hydrogens is 284 g/mol. The first-order chi connectivity index (χ1) is 10.3. The molecule has 0 fully saturated rings. The standard InChI is InChI=1S/C16H10N2O2S/c19-13-9-11-5-2-1-4-10(11)8-12(13)16-17-15(18-20-16)14-6-3-7-21-14/h1-9,19H. The zero-order chi connectivity index (χ0) is 14.2. The van der Waals surface area contributed by atoms with E-state index in [1.165, 1.54) is 0 Å². The molecule has 21 heavy (non-hydrogen) atoms. The smallest absolute Gasteiger partial charge is 0.262 e. The summed E-state index contributed by atoms with van der Waals surface area (Å²) in [5.41, 5.74) is 0.545. The van der Waals surface area contributed by atoms with Crippen LogP contribution in [0.15, 0.2) is 58.4 Å². The van der Waals surface area contributed by atoms with Crippen molar-refractivity contribution in [1.29, 1.82) is 0 Å². The van der Waals surface area contributed by atoms with E-state index in [0.717, 1.165) is 15.6 Å². The number of phenols is 1. The molecule has 4 rings (SSSR count). The summed E-state index contributed by atoms with van der Waals surface area (Å²) in [6, 6.07) is 15.2. The number of aromatic nitrogens is 2. The van der Waals surface area contributed by atoms with Crippen molar-refractivity contribution in [3.8, 4) is 27.9 Å². The van der Waals surface area contributed by atoms with Crippen molar-refractivity contribution >= 4 is 22.1 Å². The van der Waals surface area contributed by atoms with E-state index in [0.29, 0.717) is 17.3 Å². The topological polar surface area (TPSA) is 59.2 Å². The fraction of sp³-hybridized carbons (Fsp3) is 0. The number of thiophene rings is 1. The maximum Gasteiger partial charge on any atom is 0.262 e. The van der Waals surface area contributed by atoms with Crippen LogP contribution in [0.3, 0.4) is 0 Å². The summed E-state index contributed by atoms with van der Waals surface area (Å²) < 4.78 is 5.29. The number of hydrogen-bond donors (Lipinski definition) is 1. The van der Waals surface area contributed by atoms with Crippen molar-refractivity contribution < 1.29 is 9.63 Å². The maximum atomic E-state index is 10.2. The SMILES string of the molecule is Oc1cc2ccccc2cc1-c1nc(-c2cccs2)no1. The summed E-state index contributed by atoms with van der Waals surface area (Å²) in [5.74, 6) is 0.990. The Kier molecular flexibility index (Phi) is 2.72. The van der Waals surface area contributed by atoms with E-state index in [9.17, 15) is 5.11 Å². The van der Waals surface area contributed by atoms with Gasteiger partial charge < -0.3 is 9.63 Å². The first kappa shape index (κ1) is 12.1. The third kappa shape index (κ3) is 2.08. The first-order valence-electron chi connectivity index (χ1n) is 6.41. The van der Waals surface area contributed by atoms with Crippen LogP contribution in [0.5, 0.6) is 5.75 Å². The quantitative estimate of drug-likeness (QED) is 0.598. The zero-order valence-electron chi connectivity index (χ0n) is 10.9. The van der Waals surface area contributed by atoms with E-state index in [1.807, 2.05) is 47.8 Å². The number of fused-ring (bicyclic) bond motifs is 1. The highest BCUT2D eigenvalue weighted by molar-refractivity contribution is 7.13. The lowest BCUT2D eigenvalue weighted by molar-refractivity contribution is 0.426. The minimum atomic E-state index is 0.134. The van der Waals surface area contributed by atoms with Gasteiger partial charge in [-0.15, -0.1) is 11.3 Å². The molecule has 4 aromatic rings. The van der Waals surface area contributed by atoms with E-state index in [2.05, 4.69) is 10.1 Å². The first-order valence-corrected chi connectivity index (χ1v) is 7.29. The summed E-state index contributed by atoms with van der Waals surface area (Å²) in [5, 5.41) is 18.1. The zero-order valence-corrected chi connectivity index (χ0v) is 11.7. The third-order valence-electron chi connectivity index (χ3n) is 3.26. The van der Waals surface area contributed by atoms with Gasteiger partial charge in [0.15, 0.2) is 0 Å². The predicted molar refractivity (Wildman–Crippen MR) is 82.2 cm³/mol. The van der Waals surface area contributed by atoms with E-state index < -0.39 is 0 Å². The molecular formula is C16H10N2O2S. The highest BCUT2D eigenvalue weighted by Crippen LogP contribution is 2.33. The Hall–Kier alpha value is -2.66. The molecule has 0 aliphatic carbocycles. The second-order valence-corrected chi connectivity index (χ2v) is 5.56. The molecule has 0 aliphatic rings. The van der Waals surface area contributed by atoms with Crippen LogP contribution in [0, 0.1) is 0 Å². The van der Waals surface area contributed by atoms with Gasteiger partial charge in [0.1, 0.15) is 5.75 Å². The molecule has 5 heteroatoms. The van der Waals surface area contributed by atoms with Crippen LogP contribution < -0.4 is 0 Å². The van der Waals surface area contributed by atoms with Gasteiger partial charge in [0.05, 0.1) is 10.4 Å². The molecule has 2 heterocycles. The van der Waals surface area contributed by atoms with Crippen LogP contribution >= 0.6 is 11.3 Å². The lowest BCUT2D eigenvalue weighted by atomic mass is 10.1. The molecule has 0 bridgehead atoms. The van der Waals surface area contributed by atoms with Crippen LogP contribution in [-0.2, 0) is 0 Å². The second kappa shape index (κ2) is 4.71. The van der Waals surface area contributed by atoms with Crippen molar-refractivity contribution in [3.05, 3.63) is 53.9 Å². The Balaban J connectivity index is 1.85. The molecule has 0 saturated heterocycles. The summed E-state index contributed by atoms with van der Waals surface area (Å²) >= 11 is 1.54.